The Labute approximate surface area is 125 Å². The molecule has 0 aromatic heterocycles. The summed E-state index contributed by atoms with van der Waals surface area (Å²) in [6, 6.07) is 4.03. The van der Waals surface area contributed by atoms with Gasteiger partial charge in [0.25, 0.3) is 0 Å². The molecule has 0 heterocycles. The van der Waals surface area contributed by atoms with Crippen LogP contribution in [0.5, 0.6) is 11.5 Å². The summed E-state index contributed by atoms with van der Waals surface area (Å²) in [7, 11) is 1.66. The van der Waals surface area contributed by atoms with Crippen LogP contribution in [0.4, 0.5) is 0 Å². The van der Waals surface area contributed by atoms with Gasteiger partial charge in [0.15, 0.2) is 11.5 Å². The van der Waals surface area contributed by atoms with Gasteiger partial charge in [0.05, 0.1) is 19.1 Å². The molecule has 1 saturated carbocycles. The second-order valence-corrected chi connectivity index (χ2v) is 6.07. The van der Waals surface area contributed by atoms with Crippen LogP contribution in [-0.2, 0) is 17.6 Å². The standard InChI is InChI=1S/C17H22O4/c1-20-15-9-11-6-7-12(17(18)19)8-13(11)10-16(15)21-14-4-2-3-5-14/h9-10,12,14H,2-8H2,1H3,(H,18,19)/t12-/m1/s1. The molecule has 0 aliphatic heterocycles. The number of methoxy groups -OCH3 is 1. The molecule has 114 valence electrons. The fourth-order valence-corrected chi connectivity index (χ4v) is 3.41. The Morgan fingerprint density at radius 1 is 1.14 bits per heavy atom. The third-order valence-electron chi connectivity index (χ3n) is 4.66. The highest BCUT2D eigenvalue weighted by Crippen LogP contribution is 2.37. The molecule has 2 aliphatic carbocycles. The largest absolute Gasteiger partial charge is 0.493 e. The summed E-state index contributed by atoms with van der Waals surface area (Å²) in [6.45, 7) is 0. The second-order valence-electron chi connectivity index (χ2n) is 6.07. The Bertz CT molecular complexity index is 532. The highest BCUT2D eigenvalue weighted by atomic mass is 16.5. The van der Waals surface area contributed by atoms with Gasteiger partial charge in [-0.25, -0.2) is 0 Å². The lowest BCUT2D eigenvalue weighted by Crippen LogP contribution is -2.22. The van der Waals surface area contributed by atoms with Gasteiger partial charge in [-0.1, -0.05) is 0 Å². The van der Waals surface area contributed by atoms with E-state index in [0.717, 1.165) is 36.3 Å². The molecule has 1 aromatic carbocycles. The number of aryl methyl sites for hydroxylation is 1. The van der Waals surface area contributed by atoms with Crippen LogP contribution >= 0.6 is 0 Å². The van der Waals surface area contributed by atoms with E-state index in [1.165, 1.54) is 18.4 Å². The first-order valence-corrected chi connectivity index (χ1v) is 7.76. The van der Waals surface area contributed by atoms with Crippen molar-refractivity contribution in [3.8, 4) is 11.5 Å². The molecule has 0 amide bonds. The zero-order chi connectivity index (χ0) is 14.8. The van der Waals surface area contributed by atoms with Crippen molar-refractivity contribution in [1.82, 2.24) is 0 Å². The van der Waals surface area contributed by atoms with Crippen LogP contribution in [0.1, 0.15) is 43.2 Å². The first kappa shape index (κ1) is 14.2. The lowest BCUT2D eigenvalue weighted by Gasteiger charge is -2.24. The molecule has 0 spiro atoms. The molecule has 0 bridgehead atoms. The van der Waals surface area contributed by atoms with Crippen LogP contribution in [0.2, 0.25) is 0 Å². The lowest BCUT2D eigenvalue weighted by atomic mass is 9.83. The Hall–Kier alpha value is -1.71. The van der Waals surface area contributed by atoms with Crippen molar-refractivity contribution in [2.24, 2.45) is 5.92 Å². The molecule has 1 fully saturated rings. The lowest BCUT2D eigenvalue weighted by molar-refractivity contribution is -0.142. The molecule has 1 N–H and O–H groups in total. The number of rotatable bonds is 4. The van der Waals surface area contributed by atoms with E-state index >= 15 is 0 Å². The van der Waals surface area contributed by atoms with E-state index in [0.29, 0.717) is 12.8 Å². The van der Waals surface area contributed by atoms with E-state index < -0.39 is 5.97 Å². The van der Waals surface area contributed by atoms with E-state index in [-0.39, 0.29) is 12.0 Å². The number of hydrogen-bond donors (Lipinski definition) is 1. The summed E-state index contributed by atoms with van der Waals surface area (Å²) >= 11 is 0. The van der Waals surface area contributed by atoms with Gasteiger partial charge in [-0.05, 0) is 68.2 Å². The summed E-state index contributed by atoms with van der Waals surface area (Å²) in [4.78, 5) is 11.2. The Morgan fingerprint density at radius 2 is 1.86 bits per heavy atom. The number of carbonyl (C=O) groups is 1. The molecule has 4 nitrogen and oxygen atoms in total. The maximum atomic E-state index is 11.2. The van der Waals surface area contributed by atoms with Crippen LogP contribution in [0.3, 0.4) is 0 Å². The topological polar surface area (TPSA) is 55.8 Å². The van der Waals surface area contributed by atoms with Gasteiger partial charge in [-0.3, -0.25) is 4.79 Å². The Morgan fingerprint density at radius 3 is 2.52 bits per heavy atom. The van der Waals surface area contributed by atoms with E-state index in [9.17, 15) is 9.90 Å². The Kier molecular flexibility index (Phi) is 4.04. The van der Waals surface area contributed by atoms with Gasteiger partial charge < -0.3 is 14.6 Å². The van der Waals surface area contributed by atoms with E-state index in [4.69, 9.17) is 9.47 Å². The van der Waals surface area contributed by atoms with E-state index in [1.807, 2.05) is 12.1 Å². The number of carboxylic acids is 1. The highest BCUT2D eigenvalue weighted by molar-refractivity contribution is 5.71. The van der Waals surface area contributed by atoms with Gasteiger partial charge in [-0.15, -0.1) is 0 Å². The Balaban J connectivity index is 1.85. The average molecular weight is 290 g/mol. The van der Waals surface area contributed by atoms with Crippen LogP contribution < -0.4 is 9.47 Å². The molecule has 4 heteroatoms. The predicted molar refractivity (Wildman–Crippen MR) is 79.0 cm³/mol. The van der Waals surface area contributed by atoms with Crippen molar-refractivity contribution < 1.29 is 19.4 Å². The van der Waals surface area contributed by atoms with Gasteiger partial charge >= 0.3 is 5.97 Å². The SMILES string of the molecule is COc1cc2c(cc1OC1CCCC1)C[C@H](C(=O)O)CC2. The van der Waals surface area contributed by atoms with Gasteiger partial charge in [0.2, 0.25) is 0 Å². The van der Waals surface area contributed by atoms with Crippen LogP contribution in [0, 0.1) is 5.92 Å². The van der Waals surface area contributed by atoms with Crippen molar-refractivity contribution in [3.05, 3.63) is 23.3 Å². The first-order chi connectivity index (χ1) is 10.2. The third kappa shape index (κ3) is 2.99. The maximum Gasteiger partial charge on any atom is 0.306 e. The third-order valence-corrected chi connectivity index (χ3v) is 4.66. The van der Waals surface area contributed by atoms with Crippen LogP contribution in [0.25, 0.3) is 0 Å². The van der Waals surface area contributed by atoms with Crippen molar-refractivity contribution in [1.29, 1.82) is 0 Å². The molecular formula is C17H22O4. The molecule has 1 aromatic rings. The number of benzene rings is 1. The monoisotopic (exact) mass is 290 g/mol. The highest BCUT2D eigenvalue weighted by Gasteiger charge is 2.26. The molecule has 0 unspecified atom stereocenters. The van der Waals surface area contributed by atoms with E-state index in [2.05, 4.69) is 0 Å². The fraction of sp³-hybridized carbons (Fsp3) is 0.588. The van der Waals surface area contributed by atoms with Crippen molar-refractivity contribution in [3.63, 3.8) is 0 Å². The number of ether oxygens (including phenoxy) is 2. The molecule has 0 saturated heterocycles. The van der Waals surface area contributed by atoms with Crippen molar-refractivity contribution >= 4 is 5.97 Å². The van der Waals surface area contributed by atoms with Crippen molar-refractivity contribution in [2.45, 2.75) is 51.0 Å². The number of aliphatic carboxylic acids is 1. The first-order valence-electron chi connectivity index (χ1n) is 7.76. The van der Waals surface area contributed by atoms with Crippen LogP contribution in [-0.4, -0.2) is 24.3 Å². The summed E-state index contributed by atoms with van der Waals surface area (Å²) in [5.41, 5.74) is 2.30. The van der Waals surface area contributed by atoms with E-state index in [1.54, 1.807) is 7.11 Å². The minimum atomic E-state index is -0.699. The molecule has 2 aliphatic rings. The normalized spacial score (nSPS) is 21.9. The molecule has 3 rings (SSSR count). The molecule has 1 atom stereocenters. The minimum absolute atomic E-state index is 0.273. The van der Waals surface area contributed by atoms with Crippen LogP contribution in [0.15, 0.2) is 12.1 Å². The zero-order valence-electron chi connectivity index (χ0n) is 12.4. The smallest absolute Gasteiger partial charge is 0.306 e. The number of fused-ring (bicyclic) bond motifs is 1. The summed E-state index contributed by atoms with van der Waals surface area (Å²) in [5, 5.41) is 9.21. The fourth-order valence-electron chi connectivity index (χ4n) is 3.41. The van der Waals surface area contributed by atoms with Crippen molar-refractivity contribution in [2.75, 3.05) is 7.11 Å². The summed E-state index contributed by atoms with van der Waals surface area (Å²) in [5.74, 6) is 0.573. The van der Waals surface area contributed by atoms with Gasteiger partial charge in [0, 0.05) is 0 Å². The number of hydrogen-bond acceptors (Lipinski definition) is 3. The van der Waals surface area contributed by atoms with Gasteiger partial charge in [-0.2, -0.15) is 0 Å². The molecule has 21 heavy (non-hydrogen) atoms. The maximum absolute atomic E-state index is 11.2. The summed E-state index contributed by atoms with van der Waals surface area (Å²) in [6.07, 6.45) is 7.00. The minimum Gasteiger partial charge on any atom is -0.493 e. The zero-order valence-corrected chi connectivity index (χ0v) is 12.4. The number of carboxylic acid groups (broad SMARTS) is 1. The molecule has 0 radical (unpaired) electrons. The second kappa shape index (κ2) is 5.96. The summed E-state index contributed by atoms with van der Waals surface area (Å²) < 4.78 is 11.5. The predicted octanol–water partition coefficient (Wildman–Crippen LogP) is 3.21. The average Bonchev–Trinajstić information content (AvgIpc) is 2.98. The van der Waals surface area contributed by atoms with Gasteiger partial charge in [0.1, 0.15) is 0 Å². The quantitative estimate of drug-likeness (QED) is 0.925. The molecular weight excluding hydrogens is 268 g/mol.